The van der Waals surface area contributed by atoms with Crippen molar-refractivity contribution in [1.29, 1.82) is 0 Å². The van der Waals surface area contributed by atoms with Gasteiger partial charge < -0.3 is 5.11 Å². The summed E-state index contributed by atoms with van der Waals surface area (Å²) < 4.78 is 29.2. The lowest BCUT2D eigenvalue weighted by Crippen LogP contribution is -2.29. The van der Waals surface area contributed by atoms with E-state index in [1.165, 1.54) is 19.1 Å². The smallest absolute Gasteiger partial charge is 0.297 e. The van der Waals surface area contributed by atoms with Gasteiger partial charge in [-0.3, -0.25) is 4.18 Å². The zero-order valence-corrected chi connectivity index (χ0v) is 12.8. The minimum absolute atomic E-state index is 0.0805. The molecule has 0 amide bonds. The number of rotatable bonds is 5. The topological polar surface area (TPSA) is 63.6 Å². The Labute approximate surface area is 125 Å². The predicted octanol–water partition coefficient (Wildman–Crippen LogP) is 2.61. The van der Waals surface area contributed by atoms with Gasteiger partial charge in [-0.1, -0.05) is 48.0 Å². The van der Waals surface area contributed by atoms with Gasteiger partial charge in [0.2, 0.25) is 0 Å². The van der Waals surface area contributed by atoms with Crippen molar-refractivity contribution >= 4 is 10.1 Å². The van der Waals surface area contributed by atoms with Gasteiger partial charge in [-0.05, 0) is 31.5 Å². The molecule has 0 aromatic heterocycles. The molecule has 5 heteroatoms. The molecule has 0 saturated heterocycles. The third-order valence-corrected chi connectivity index (χ3v) is 4.48. The first-order valence-electron chi connectivity index (χ1n) is 6.55. The molecule has 0 radical (unpaired) electrons. The second-order valence-corrected chi connectivity index (χ2v) is 6.78. The van der Waals surface area contributed by atoms with E-state index in [4.69, 9.17) is 4.18 Å². The van der Waals surface area contributed by atoms with Crippen molar-refractivity contribution in [1.82, 2.24) is 0 Å². The molecule has 0 aliphatic heterocycles. The van der Waals surface area contributed by atoms with E-state index in [1.54, 1.807) is 36.4 Å². The van der Waals surface area contributed by atoms with E-state index in [1.807, 2.05) is 13.0 Å². The Bertz CT molecular complexity index is 689. The average molecular weight is 306 g/mol. The van der Waals surface area contributed by atoms with Gasteiger partial charge in [-0.2, -0.15) is 8.42 Å². The number of aryl methyl sites for hydroxylation is 1. The summed E-state index contributed by atoms with van der Waals surface area (Å²) in [7, 11) is -3.88. The molecule has 0 saturated carbocycles. The van der Waals surface area contributed by atoms with Crippen molar-refractivity contribution < 1.29 is 17.7 Å². The van der Waals surface area contributed by atoms with Crippen molar-refractivity contribution in [2.45, 2.75) is 24.3 Å². The van der Waals surface area contributed by atoms with E-state index < -0.39 is 15.7 Å². The average Bonchev–Trinajstić information content (AvgIpc) is 2.47. The number of aliphatic hydroxyl groups is 1. The lowest BCUT2D eigenvalue weighted by molar-refractivity contribution is 0.00974. The molecular weight excluding hydrogens is 288 g/mol. The molecular formula is C16H18O4S. The predicted molar refractivity (Wildman–Crippen MR) is 80.3 cm³/mol. The maximum absolute atomic E-state index is 12.1. The minimum Gasteiger partial charge on any atom is -0.383 e. The van der Waals surface area contributed by atoms with Crippen molar-refractivity contribution in [3.63, 3.8) is 0 Å². The Balaban J connectivity index is 2.13. The first kappa shape index (κ1) is 15.7. The zero-order valence-electron chi connectivity index (χ0n) is 12.0. The number of benzene rings is 2. The Morgan fingerprint density at radius 1 is 1.05 bits per heavy atom. The maximum Gasteiger partial charge on any atom is 0.297 e. The summed E-state index contributed by atoms with van der Waals surface area (Å²) in [5.41, 5.74) is 0.188. The fourth-order valence-corrected chi connectivity index (χ4v) is 2.84. The van der Waals surface area contributed by atoms with E-state index >= 15 is 0 Å². The summed E-state index contributed by atoms with van der Waals surface area (Å²) >= 11 is 0. The third kappa shape index (κ3) is 3.91. The molecule has 0 aliphatic carbocycles. The highest BCUT2D eigenvalue weighted by Crippen LogP contribution is 2.23. The van der Waals surface area contributed by atoms with Crippen LogP contribution in [0.25, 0.3) is 0 Å². The molecule has 2 aromatic carbocycles. The van der Waals surface area contributed by atoms with Gasteiger partial charge >= 0.3 is 0 Å². The quantitative estimate of drug-likeness (QED) is 0.863. The van der Waals surface area contributed by atoms with Crippen molar-refractivity contribution in [3.8, 4) is 0 Å². The van der Waals surface area contributed by atoms with E-state index in [0.29, 0.717) is 5.56 Å². The molecule has 0 bridgehead atoms. The summed E-state index contributed by atoms with van der Waals surface area (Å²) in [5.74, 6) is 0. The van der Waals surface area contributed by atoms with E-state index in [-0.39, 0.29) is 11.5 Å². The first-order valence-corrected chi connectivity index (χ1v) is 7.96. The highest BCUT2D eigenvalue weighted by molar-refractivity contribution is 7.86. The monoisotopic (exact) mass is 306 g/mol. The largest absolute Gasteiger partial charge is 0.383 e. The molecule has 0 heterocycles. The Morgan fingerprint density at radius 2 is 1.62 bits per heavy atom. The lowest BCUT2D eigenvalue weighted by Gasteiger charge is -2.23. The van der Waals surface area contributed by atoms with Crippen LogP contribution in [0.2, 0.25) is 0 Å². The van der Waals surface area contributed by atoms with Crippen LogP contribution in [0.15, 0.2) is 59.5 Å². The molecule has 0 aliphatic rings. The maximum atomic E-state index is 12.1. The van der Waals surface area contributed by atoms with Crippen LogP contribution in [0.4, 0.5) is 0 Å². The summed E-state index contributed by atoms with van der Waals surface area (Å²) in [4.78, 5) is 0.0805. The molecule has 1 unspecified atom stereocenters. The molecule has 1 atom stereocenters. The van der Waals surface area contributed by atoms with Crippen LogP contribution in [0.3, 0.4) is 0 Å². The van der Waals surface area contributed by atoms with Gasteiger partial charge in [0.05, 0.1) is 11.5 Å². The van der Waals surface area contributed by atoms with Crippen LogP contribution in [0.1, 0.15) is 18.1 Å². The van der Waals surface area contributed by atoms with Crippen molar-refractivity contribution in [3.05, 3.63) is 65.7 Å². The van der Waals surface area contributed by atoms with Crippen LogP contribution in [-0.2, 0) is 19.9 Å². The van der Waals surface area contributed by atoms with Crippen molar-refractivity contribution in [2.75, 3.05) is 6.61 Å². The Kier molecular flexibility index (Phi) is 4.46. The number of hydrogen-bond acceptors (Lipinski definition) is 4. The van der Waals surface area contributed by atoms with E-state index in [0.717, 1.165) is 5.56 Å². The van der Waals surface area contributed by atoms with Gasteiger partial charge in [0.15, 0.2) is 0 Å². The SMILES string of the molecule is Cc1ccc(S(=O)(=O)OCC(C)(O)c2ccccc2)cc1. The fraction of sp³-hybridized carbons (Fsp3) is 0.250. The van der Waals surface area contributed by atoms with E-state index in [2.05, 4.69) is 0 Å². The number of hydrogen-bond donors (Lipinski definition) is 1. The van der Waals surface area contributed by atoms with Gasteiger partial charge in [0, 0.05) is 0 Å². The molecule has 0 fully saturated rings. The molecule has 112 valence electrons. The van der Waals surface area contributed by atoms with E-state index in [9.17, 15) is 13.5 Å². The zero-order chi connectivity index (χ0) is 15.5. The lowest BCUT2D eigenvalue weighted by atomic mass is 9.97. The summed E-state index contributed by atoms with van der Waals surface area (Å²) in [6.45, 7) is 3.05. The molecule has 21 heavy (non-hydrogen) atoms. The van der Waals surface area contributed by atoms with Crippen LogP contribution in [0.5, 0.6) is 0 Å². The summed E-state index contributed by atoms with van der Waals surface area (Å²) in [6.07, 6.45) is 0. The molecule has 0 spiro atoms. The molecule has 2 aromatic rings. The van der Waals surface area contributed by atoms with Crippen LogP contribution < -0.4 is 0 Å². The summed E-state index contributed by atoms with van der Waals surface area (Å²) in [5, 5.41) is 10.4. The fourth-order valence-electron chi connectivity index (χ4n) is 1.85. The van der Waals surface area contributed by atoms with Gasteiger partial charge in [-0.25, -0.2) is 0 Å². The van der Waals surface area contributed by atoms with Crippen LogP contribution >= 0.6 is 0 Å². The van der Waals surface area contributed by atoms with Gasteiger partial charge in [0.1, 0.15) is 5.60 Å². The normalized spacial score (nSPS) is 14.6. The molecule has 1 N–H and O–H groups in total. The standard InChI is InChI=1S/C16H18O4S/c1-13-8-10-15(11-9-13)21(18,19)20-12-16(2,17)14-6-4-3-5-7-14/h3-11,17H,12H2,1-2H3. The Morgan fingerprint density at radius 3 is 2.19 bits per heavy atom. The molecule has 4 nitrogen and oxygen atoms in total. The van der Waals surface area contributed by atoms with Gasteiger partial charge in [0.25, 0.3) is 10.1 Å². The minimum atomic E-state index is -3.88. The Hall–Kier alpha value is -1.69. The molecule has 2 rings (SSSR count). The second kappa shape index (κ2) is 5.97. The van der Waals surface area contributed by atoms with Crippen molar-refractivity contribution in [2.24, 2.45) is 0 Å². The van der Waals surface area contributed by atoms with Gasteiger partial charge in [-0.15, -0.1) is 0 Å². The summed E-state index contributed by atoms with van der Waals surface area (Å²) in [6, 6.07) is 15.2. The first-order chi connectivity index (χ1) is 9.81. The van der Waals surface area contributed by atoms with Crippen LogP contribution in [-0.4, -0.2) is 20.1 Å². The van der Waals surface area contributed by atoms with Crippen LogP contribution in [0, 0.1) is 6.92 Å². The second-order valence-electron chi connectivity index (χ2n) is 5.17. The highest BCUT2D eigenvalue weighted by Gasteiger charge is 2.27. The highest BCUT2D eigenvalue weighted by atomic mass is 32.2. The third-order valence-electron chi connectivity index (χ3n) is 3.20.